The van der Waals surface area contributed by atoms with Gasteiger partial charge in [0.15, 0.2) is 0 Å². The number of hydrogen-bond donors (Lipinski definition) is 0. The number of fused-ring (bicyclic) bond motifs is 9. The third kappa shape index (κ3) is 3.88. The van der Waals surface area contributed by atoms with Gasteiger partial charge in [-0.15, -0.1) is 0 Å². The molecule has 0 saturated heterocycles. The average Bonchev–Trinajstić information content (AvgIpc) is 3.00. The van der Waals surface area contributed by atoms with E-state index in [2.05, 4.69) is 120 Å². The van der Waals surface area contributed by atoms with Gasteiger partial charge in [0.1, 0.15) is 0 Å². The molecule has 2 nitrogen and oxygen atoms in total. The number of rotatable bonds is 4. The molecular formula is C37H28N2. The minimum atomic E-state index is 0.999. The van der Waals surface area contributed by atoms with Gasteiger partial charge in [0.25, 0.3) is 0 Å². The van der Waals surface area contributed by atoms with Crippen LogP contribution in [0, 0.1) is 0 Å². The van der Waals surface area contributed by atoms with Crippen molar-refractivity contribution in [2.75, 3.05) is 7.05 Å². The quantitative estimate of drug-likeness (QED) is 0.174. The minimum absolute atomic E-state index is 0.999. The minimum Gasteiger partial charge on any atom is -0.288 e. The molecule has 0 radical (unpaired) electrons. The van der Waals surface area contributed by atoms with Gasteiger partial charge in [-0.1, -0.05) is 91.9 Å². The summed E-state index contributed by atoms with van der Waals surface area (Å²) in [6, 6.07) is 37.6. The predicted molar refractivity (Wildman–Crippen MR) is 169 cm³/mol. The van der Waals surface area contributed by atoms with Gasteiger partial charge >= 0.3 is 0 Å². The third-order valence-corrected chi connectivity index (χ3v) is 7.84. The molecule has 186 valence electrons. The van der Waals surface area contributed by atoms with Crippen molar-refractivity contribution in [3.05, 3.63) is 127 Å². The summed E-state index contributed by atoms with van der Waals surface area (Å²) in [6.07, 6.45) is 7.12. The average molecular weight is 501 g/mol. The Bertz CT molecular complexity index is 2100. The number of hydrogen-bond acceptors (Lipinski definition) is 2. The Kier molecular flexibility index (Phi) is 5.67. The van der Waals surface area contributed by atoms with Crippen molar-refractivity contribution >= 4 is 59.6 Å². The molecule has 7 aromatic rings. The zero-order chi connectivity index (χ0) is 26.3. The van der Waals surface area contributed by atoms with Crippen molar-refractivity contribution in [2.24, 2.45) is 4.99 Å². The zero-order valence-corrected chi connectivity index (χ0v) is 22.1. The van der Waals surface area contributed by atoms with Crippen molar-refractivity contribution in [3.63, 3.8) is 0 Å². The lowest BCUT2D eigenvalue weighted by Gasteiger charge is -2.12. The van der Waals surface area contributed by atoms with Crippen LogP contribution in [-0.2, 0) is 0 Å². The van der Waals surface area contributed by atoms with E-state index in [0.29, 0.717) is 0 Å². The van der Waals surface area contributed by atoms with E-state index >= 15 is 0 Å². The summed E-state index contributed by atoms with van der Waals surface area (Å²) in [7, 11) is 1.86. The summed E-state index contributed by atoms with van der Waals surface area (Å²) < 4.78 is 0. The molecule has 0 fully saturated rings. The first kappa shape index (κ1) is 23.3. The fraction of sp³-hybridized carbons (Fsp3) is 0.0811. The topological polar surface area (TPSA) is 25.2 Å². The van der Waals surface area contributed by atoms with Gasteiger partial charge in [0.2, 0.25) is 0 Å². The summed E-state index contributed by atoms with van der Waals surface area (Å²) in [5.74, 6) is 0. The number of allylic oxidation sites excluding steroid dienone is 2. The highest BCUT2D eigenvalue weighted by Crippen LogP contribution is 2.37. The first-order valence-corrected chi connectivity index (χ1v) is 13.5. The fourth-order valence-electron chi connectivity index (χ4n) is 5.90. The molecular weight excluding hydrogens is 472 g/mol. The first-order chi connectivity index (χ1) is 19.2. The SMILES string of the molecule is CC/C=C\C(=NC)c1ccc2c(ccc3c2ccc2c4ccc5cc(-c6ccccn6)ccc5c4ccc32)c1. The molecule has 0 saturated carbocycles. The van der Waals surface area contributed by atoms with Crippen molar-refractivity contribution < 1.29 is 0 Å². The van der Waals surface area contributed by atoms with Gasteiger partial charge < -0.3 is 0 Å². The van der Waals surface area contributed by atoms with Crippen LogP contribution in [0.3, 0.4) is 0 Å². The molecule has 0 spiro atoms. The van der Waals surface area contributed by atoms with Gasteiger partial charge in [0.05, 0.1) is 11.4 Å². The molecule has 1 aromatic heterocycles. The van der Waals surface area contributed by atoms with Gasteiger partial charge in [-0.3, -0.25) is 9.98 Å². The Morgan fingerprint density at radius 2 is 1.21 bits per heavy atom. The van der Waals surface area contributed by atoms with Gasteiger partial charge in [-0.25, -0.2) is 0 Å². The van der Waals surface area contributed by atoms with Crippen LogP contribution in [0.5, 0.6) is 0 Å². The van der Waals surface area contributed by atoms with E-state index in [4.69, 9.17) is 0 Å². The lowest BCUT2D eigenvalue weighted by atomic mass is 9.91. The molecule has 1 heterocycles. The Balaban J connectivity index is 1.38. The summed E-state index contributed by atoms with van der Waals surface area (Å²) in [5.41, 5.74) is 4.31. The van der Waals surface area contributed by atoms with Crippen molar-refractivity contribution in [1.82, 2.24) is 4.98 Å². The molecule has 0 aliphatic rings. The Hall–Kier alpha value is -4.82. The molecule has 6 aromatic carbocycles. The Morgan fingerprint density at radius 1 is 0.641 bits per heavy atom. The molecule has 0 bridgehead atoms. The van der Waals surface area contributed by atoms with E-state index in [0.717, 1.165) is 29.0 Å². The highest BCUT2D eigenvalue weighted by atomic mass is 14.7. The second kappa shape index (κ2) is 9.49. The van der Waals surface area contributed by atoms with E-state index < -0.39 is 0 Å². The van der Waals surface area contributed by atoms with Crippen LogP contribution in [0.2, 0.25) is 0 Å². The third-order valence-electron chi connectivity index (χ3n) is 7.84. The van der Waals surface area contributed by atoms with Crippen LogP contribution in [0.25, 0.3) is 65.1 Å². The highest BCUT2D eigenvalue weighted by Gasteiger charge is 2.11. The maximum Gasteiger partial charge on any atom is 0.0702 e. The van der Waals surface area contributed by atoms with Crippen molar-refractivity contribution in [3.8, 4) is 11.3 Å². The van der Waals surface area contributed by atoms with E-state index in [9.17, 15) is 0 Å². The normalized spacial score (nSPS) is 12.5. The van der Waals surface area contributed by atoms with Gasteiger partial charge in [-0.05, 0) is 90.6 Å². The van der Waals surface area contributed by atoms with Crippen LogP contribution in [0.15, 0.2) is 126 Å². The molecule has 0 amide bonds. The molecule has 0 aliphatic carbocycles. The molecule has 0 atom stereocenters. The van der Waals surface area contributed by atoms with E-state index in [1.807, 2.05) is 25.4 Å². The fourth-order valence-corrected chi connectivity index (χ4v) is 5.90. The van der Waals surface area contributed by atoms with E-state index in [-0.39, 0.29) is 0 Å². The lowest BCUT2D eigenvalue weighted by Crippen LogP contribution is -1.96. The number of aromatic nitrogens is 1. The standard InChI is InChI=1S/C37H28N2/c1-3-4-7-36(38-2)26-11-13-28-24(22-26)9-15-32-30(28)17-19-35-33-16-10-25-23-27(37-8-5-6-21-39-37)12-14-29(25)31(33)18-20-34(32)35/h4-23H,3H2,1-2H3/b7-4-,38-36?. The summed E-state index contributed by atoms with van der Waals surface area (Å²) in [6.45, 7) is 2.14. The highest BCUT2D eigenvalue weighted by molar-refractivity contribution is 6.25. The molecule has 0 N–H and O–H groups in total. The number of aliphatic imine (C=N–C) groups is 1. The number of benzene rings is 6. The maximum atomic E-state index is 4.53. The molecule has 7 rings (SSSR count). The van der Waals surface area contributed by atoms with Crippen LogP contribution < -0.4 is 0 Å². The Morgan fingerprint density at radius 3 is 1.79 bits per heavy atom. The van der Waals surface area contributed by atoms with Crippen LogP contribution >= 0.6 is 0 Å². The maximum absolute atomic E-state index is 4.53. The van der Waals surface area contributed by atoms with Crippen LogP contribution in [0.4, 0.5) is 0 Å². The smallest absolute Gasteiger partial charge is 0.0702 e. The second-order valence-electron chi connectivity index (χ2n) is 10.1. The molecule has 2 heteroatoms. The molecule has 0 aliphatic heterocycles. The van der Waals surface area contributed by atoms with E-state index in [1.54, 1.807) is 0 Å². The molecule has 0 unspecified atom stereocenters. The first-order valence-electron chi connectivity index (χ1n) is 13.5. The van der Waals surface area contributed by atoms with Crippen molar-refractivity contribution in [1.29, 1.82) is 0 Å². The summed E-state index contributed by atoms with van der Waals surface area (Å²) in [5, 5.41) is 12.7. The van der Waals surface area contributed by atoms with Crippen molar-refractivity contribution in [2.45, 2.75) is 13.3 Å². The number of pyridine rings is 1. The van der Waals surface area contributed by atoms with Crippen LogP contribution in [-0.4, -0.2) is 17.7 Å². The van der Waals surface area contributed by atoms with Gasteiger partial charge in [-0.2, -0.15) is 0 Å². The lowest BCUT2D eigenvalue weighted by molar-refractivity contribution is 1.23. The number of nitrogens with zero attached hydrogens (tertiary/aromatic N) is 2. The van der Waals surface area contributed by atoms with Gasteiger partial charge in [0, 0.05) is 24.4 Å². The summed E-state index contributed by atoms with van der Waals surface area (Å²) in [4.78, 5) is 9.03. The molecule has 39 heavy (non-hydrogen) atoms. The van der Waals surface area contributed by atoms with Crippen LogP contribution in [0.1, 0.15) is 18.9 Å². The largest absolute Gasteiger partial charge is 0.288 e. The Labute approximate surface area is 228 Å². The monoisotopic (exact) mass is 500 g/mol. The van der Waals surface area contributed by atoms with E-state index in [1.165, 1.54) is 53.9 Å². The predicted octanol–water partition coefficient (Wildman–Crippen LogP) is 9.90. The second-order valence-corrected chi connectivity index (χ2v) is 10.1. The summed E-state index contributed by atoms with van der Waals surface area (Å²) >= 11 is 0. The zero-order valence-electron chi connectivity index (χ0n) is 22.1.